The maximum absolute atomic E-state index is 5.73. The van der Waals surface area contributed by atoms with Gasteiger partial charge < -0.3 is 4.74 Å². The molecule has 2 nitrogen and oxygen atoms in total. The maximum Gasteiger partial charge on any atom is 0.128 e. The van der Waals surface area contributed by atoms with Gasteiger partial charge in [-0.25, -0.2) is 4.99 Å². The van der Waals surface area contributed by atoms with Crippen molar-refractivity contribution in [2.45, 2.75) is 12.8 Å². The minimum absolute atomic E-state index is 0.843. The van der Waals surface area contributed by atoms with Crippen molar-refractivity contribution in [2.75, 3.05) is 7.11 Å². The summed E-state index contributed by atoms with van der Waals surface area (Å²) in [5, 5.41) is 2.33. The van der Waals surface area contributed by atoms with Crippen molar-refractivity contribution in [1.29, 1.82) is 0 Å². The number of fused-ring (bicyclic) bond motifs is 1. The zero-order valence-electron chi connectivity index (χ0n) is 15.4. The van der Waals surface area contributed by atoms with Crippen LogP contribution in [0.25, 0.3) is 16.3 Å². The number of ether oxygens (including phenoxy) is 1. The predicted octanol–water partition coefficient (Wildman–Crippen LogP) is 6.51. The van der Waals surface area contributed by atoms with E-state index in [1.54, 1.807) is 7.11 Å². The van der Waals surface area contributed by atoms with E-state index in [1.807, 2.05) is 36.4 Å². The van der Waals surface area contributed by atoms with Gasteiger partial charge in [-0.3, -0.25) is 0 Å². The molecule has 0 unspecified atom stereocenters. The lowest BCUT2D eigenvalue weighted by molar-refractivity contribution is 0.414. The summed E-state index contributed by atoms with van der Waals surface area (Å²) in [5.41, 5.74) is 4.17. The summed E-state index contributed by atoms with van der Waals surface area (Å²) in [5.74, 6) is 4.19. The van der Waals surface area contributed by atoms with Crippen molar-refractivity contribution in [3.8, 4) is 5.75 Å². The van der Waals surface area contributed by atoms with Gasteiger partial charge in [-0.1, -0.05) is 66.8 Å². The Bertz CT molecular complexity index is 1080. The molecule has 1 aliphatic rings. The first-order chi connectivity index (χ1) is 13.4. The van der Waals surface area contributed by atoms with E-state index in [2.05, 4.69) is 59.4 Å². The Morgan fingerprint density at radius 1 is 0.963 bits per heavy atom. The Kier molecular flexibility index (Phi) is 5.00. The predicted molar refractivity (Wildman–Crippen MR) is 114 cm³/mol. The number of para-hydroxylation sites is 1. The third kappa shape index (κ3) is 3.62. The Morgan fingerprint density at radius 2 is 1.78 bits per heavy atom. The molecule has 0 heterocycles. The summed E-state index contributed by atoms with van der Waals surface area (Å²) in [7, 11) is 1.72. The second kappa shape index (κ2) is 7.90. The van der Waals surface area contributed by atoms with E-state index < -0.39 is 0 Å². The molecule has 0 N–H and O–H groups in total. The molecular formula is C25H21NO. The Labute approximate surface area is 159 Å². The number of hydrogen-bond donors (Lipinski definition) is 0. The number of benzene rings is 3. The first-order valence-electron chi connectivity index (χ1n) is 9.18. The fourth-order valence-corrected chi connectivity index (χ4v) is 3.40. The molecule has 0 saturated heterocycles. The molecule has 0 aromatic heterocycles. The van der Waals surface area contributed by atoms with Crippen LogP contribution >= 0.6 is 0 Å². The molecule has 3 aromatic rings. The van der Waals surface area contributed by atoms with Crippen LogP contribution in [-0.2, 0) is 0 Å². The Balaban J connectivity index is 2.00. The first kappa shape index (κ1) is 17.1. The maximum atomic E-state index is 5.73. The molecule has 132 valence electrons. The fraction of sp³-hybridized carbons (Fsp3) is 0.120. The average Bonchev–Trinajstić information content (AvgIpc) is 2.75. The van der Waals surface area contributed by atoms with Crippen molar-refractivity contribution >= 4 is 27.9 Å². The van der Waals surface area contributed by atoms with Gasteiger partial charge in [0.05, 0.1) is 18.4 Å². The third-order valence-electron chi connectivity index (χ3n) is 4.75. The molecule has 2 heteroatoms. The quantitative estimate of drug-likeness (QED) is 0.491. The lowest BCUT2D eigenvalue weighted by atomic mass is 9.89. The largest absolute Gasteiger partial charge is 0.496 e. The third-order valence-corrected chi connectivity index (χ3v) is 4.75. The smallest absolute Gasteiger partial charge is 0.128 e. The lowest BCUT2D eigenvalue weighted by Crippen LogP contribution is -1.99. The second-order valence-corrected chi connectivity index (χ2v) is 6.46. The van der Waals surface area contributed by atoms with Crippen molar-refractivity contribution in [3.05, 3.63) is 96.1 Å². The first-order valence-corrected chi connectivity index (χ1v) is 9.18. The number of allylic oxidation sites excluding steroid dienone is 5. The van der Waals surface area contributed by atoms with Gasteiger partial charge in [0.1, 0.15) is 5.75 Å². The lowest BCUT2D eigenvalue weighted by Gasteiger charge is -2.17. The molecule has 4 rings (SSSR count). The van der Waals surface area contributed by atoms with Crippen LogP contribution in [0, 0.1) is 0 Å². The average molecular weight is 351 g/mol. The normalized spacial score (nSPS) is 13.0. The molecule has 0 amide bonds. The van der Waals surface area contributed by atoms with E-state index in [0.29, 0.717) is 0 Å². The zero-order valence-corrected chi connectivity index (χ0v) is 15.4. The topological polar surface area (TPSA) is 21.6 Å². The van der Waals surface area contributed by atoms with Gasteiger partial charge >= 0.3 is 0 Å². The summed E-state index contributed by atoms with van der Waals surface area (Å²) < 4.78 is 5.73. The SMILES string of the molecule is COc1ccc2ccccc2c1C(=C=Nc1ccccc1)C1=CC=CCC1. The number of methoxy groups -OCH3 is 1. The van der Waals surface area contributed by atoms with Gasteiger partial charge in [-0.05, 0) is 53.3 Å². The van der Waals surface area contributed by atoms with Crippen LogP contribution in [0.4, 0.5) is 5.69 Å². The van der Waals surface area contributed by atoms with Crippen molar-refractivity contribution in [2.24, 2.45) is 4.99 Å². The number of hydrogen-bond acceptors (Lipinski definition) is 2. The molecule has 0 aliphatic heterocycles. The van der Waals surface area contributed by atoms with Crippen LogP contribution in [0.15, 0.2) is 95.5 Å². The molecule has 1 aliphatic carbocycles. The summed E-state index contributed by atoms with van der Waals surface area (Å²) in [6.07, 6.45) is 8.45. The molecule has 0 bridgehead atoms. The summed E-state index contributed by atoms with van der Waals surface area (Å²) in [6, 6.07) is 22.4. The molecule has 0 fully saturated rings. The van der Waals surface area contributed by atoms with Crippen LogP contribution in [-0.4, -0.2) is 13.0 Å². The molecule has 3 aromatic carbocycles. The van der Waals surface area contributed by atoms with Crippen LogP contribution < -0.4 is 4.74 Å². The Hall–Kier alpha value is -3.35. The van der Waals surface area contributed by atoms with Crippen LogP contribution in [0.1, 0.15) is 18.4 Å². The number of rotatable bonds is 4. The summed E-state index contributed by atoms with van der Waals surface area (Å²) in [6.45, 7) is 0. The van der Waals surface area contributed by atoms with Gasteiger partial charge in [-0.15, -0.1) is 0 Å². The standard InChI is InChI=1S/C25H21NO/c1-27-24-17-16-20-12-8-9-15-22(20)25(24)23(19-10-4-2-5-11-19)18-26-21-13-6-3-7-14-21/h2-4,6-10,12-17H,5,11H2,1H3. The summed E-state index contributed by atoms with van der Waals surface area (Å²) in [4.78, 5) is 4.63. The van der Waals surface area contributed by atoms with Crippen molar-refractivity contribution in [3.63, 3.8) is 0 Å². The highest BCUT2D eigenvalue weighted by Crippen LogP contribution is 2.38. The molecular weight excluding hydrogens is 330 g/mol. The highest BCUT2D eigenvalue weighted by Gasteiger charge is 2.17. The van der Waals surface area contributed by atoms with Gasteiger partial charge in [-0.2, -0.15) is 0 Å². The van der Waals surface area contributed by atoms with Gasteiger partial charge in [0.2, 0.25) is 0 Å². The van der Waals surface area contributed by atoms with Gasteiger partial charge in [0, 0.05) is 5.56 Å². The van der Waals surface area contributed by atoms with Gasteiger partial charge in [0.25, 0.3) is 0 Å². The number of nitrogens with zero attached hydrogens (tertiary/aromatic N) is 1. The molecule has 0 radical (unpaired) electrons. The van der Waals surface area contributed by atoms with Crippen molar-refractivity contribution < 1.29 is 4.74 Å². The molecule has 0 saturated carbocycles. The van der Waals surface area contributed by atoms with E-state index in [4.69, 9.17) is 4.74 Å². The van der Waals surface area contributed by atoms with E-state index in [-0.39, 0.29) is 0 Å². The van der Waals surface area contributed by atoms with Crippen LogP contribution in [0.5, 0.6) is 5.75 Å². The van der Waals surface area contributed by atoms with Crippen molar-refractivity contribution in [1.82, 2.24) is 0 Å². The summed E-state index contributed by atoms with van der Waals surface area (Å²) >= 11 is 0. The fourth-order valence-electron chi connectivity index (χ4n) is 3.40. The van der Waals surface area contributed by atoms with Crippen LogP contribution in [0.2, 0.25) is 0 Å². The van der Waals surface area contributed by atoms with E-state index in [9.17, 15) is 0 Å². The van der Waals surface area contributed by atoms with E-state index in [0.717, 1.165) is 40.8 Å². The van der Waals surface area contributed by atoms with Crippen LogP contribution in [0.3, 0.4) is 0 Å². The second-order valence-electron chi connectivity index (χ2n) is 6.46. The molecule has 0 spiro atoms. The highest BCUT2D eigenvalue weighted by molar-refractivity contribution is 6.09. The zero-order chi connectivity index (χ0) is 18.5. The van der Waals surface area contributed by atoms with E-state index >= 15 is 0 Å². The molecule has 27 heavy (non-hydrogen) atoms. The molecule has 0 atom stereocenters. The number of aliphatic imine (C=N–C) groups is 1. The van der Waals surface area contributed by atoms with Gasteiger partial charge in [0.15, 0.2) is 0 Å². The highest BCUT2D eigenvalue weighted by atomic mass is 16.5. The monoisotopic (exact) mass is 351 g/mol. The minimum atomic E-state index is 0.843. The Morgan fingerprint density at radius 3 is 2.56 bits per heavy atom. The minimum Gasteiger partial charge on any atom is -0.496 e. The van der Waals surface area contributed by atoms with E-state index in [1.165, 1.54) is 11.0 Å².